The van der Waals surface area contributed by atoms with E-state index in [2.05, 4.69) is 23.3 Å². The molecule has 1 aromatic rings. The Kier molecular flexibility index (Phi) is 5.74. The molecule has 21 heavy (non-hydrogen) atoms. The van der Waals surface area contributed by atoms with E-state index in [0.717, 1.165) is 0 Å². The Morgan fingerprint density at radius 1 is 1.00 bits per heavy atom. The van der Waals surface area contributed by atoms with Crippen LogP contribution >= 0.6 is 24.8 Å². The Morgan fingerprint density at radius 2 is 1.48 bits per heavy atom. The predicted molar refractivity (Wildman–Crippen MR) is 74.5 cm³/mol. The first-order valence-electron chi connectivity index (χ1n) is 5.49. The SMILES string of the molecule is FC(F)(F)c1cc(NC(=S)NCCS)cc(C(F)(F)F)c1. The molecule has 0 fully saturated rings. The second-order valence-corrected chi connectivity index (χ2v) is 4.75. The van der Waals surface area contributed by atoms with E-state index in [9.17, 15) is 26.3 Å². The molecule has 0 heterocycles. The molecule has 0 aliphatic carbocycles. The molecule has 0 amide bonds. The van der Waals surface area contributed by atoms with Gasteiger partial charge in [0.2, 0.25) is 0 Å². The van der Waals surface area contributed by atoms with Gasteiger partial charge in [-0.25, -0.2) is 0 Å². The predicted octanol–water partition coefficient (Wildman–Crippen LogP) is 3.94. The number of benzene rings is 1. The molecule has 0 aliphatic rings. The lowest BCUT2D eigenvalue weighted by atomic mass is 10.1. The molecule has 10 heteroatoms. The fourth-order valence-corrected chi connectivity index (χ4v) is 1.70. The van der Waals surface area contributed by atoms with Gasteiger partial charge in [0.1, 0.15) is 0 Å². The Labute approximate surface area is 127 Å². The fraction of sp³-hybridized carbons (Fsp3) is 0.364. The van der Waals surface area contributed by atoms with Crippen LogP contribution in [0.4, 0.5) is 32.0 Å². The molecular formula is C11H10F6N2S2. The number of anilines is 1. The maximum absolute atomic E-state index is 12.6. The van der Waals surface area contributed by atoms with Crippen LogP contribution < -0.4 is 10.6 Å². The molecule has 0 spiro atoms. The van der Waals surface area contributed by atoms with Gasteiger partial charge < -0.3 is 10.6 Å². The second kappa shape index (κ2) is 6.73. The molecular weight excluding hydrogens is 338 g/mol. The van der Waals surface area contributed by atoms with Gasteiger partial charge in [-0.2, -0.15) is 39.0 Å². The first-order chi connectivity index (χ1) is 9.54. The summed E-state index contributed by atoms with van der Waals surface area (Å²) in [5.74, 6) is 0.401. The number of hydrogen-bond donors (Lipinski definition) is 3. The quantitative estimate of drug-likeness (QED) is 0.438. The van der Waals surface area contributed by atoms with Gasteiger partial charge in [-0.15, -0.1) is 0 Å². The van der Waals surface area contributed by atoms with E-state index in [1.165, 1.54) is 0 Å². The van der Waals surface area contributed by atoms with Crippen LogP contribution in [0, 0.1) is 0 Å². The third-order valence-electron chi connectivity index (χ3n) is 2.24. The van der Waals surface area contributed by atoms with Crippen molar-refractivity contribution >= 4 is 35.6 Å². The van der Waals surface area contributed by atoms with Crippen LogP contribution in [0.1, 0.15) is 11.1 Å². The zero-order valence-electron chi connectivity index (χ0n) is 10.3. The van der Waals surface area contributed by atoms with Gasteiger partial charge in [-0.05, 0) is 30.4 Å². The molecule has 0 bridgehead atoms. The van der Waals surface area contributed by atoms with Crippen molar-refractivity contribution in [3.05, 3.63) is 29.3 Å². The molecule has 0 saturated heterocycles. The molecule has 1 aromatic carbocycles. The van der Waals surface area contributed by atoms with E-state index < -0.39 is 29.2 Å². The van der Waals surface area contributed by atoms with Crippen molar-refractivity contribution in [3.63, 3.8) is 0 Å². The smallest absolute Gasteiger partial charge is 0.362 e. The zero-order valence-corrected chi connectivity index (χ0v) is 12.0. The van der Waals surface area contributed by atoms with E-state index >= 15 is 0 Å². The number of thiocarbonyl (C=S) groups is 1. The highest BCUT2D eigenvalue weighted by molar-refractivity contribution is 7.80. The van der Waals surface area contributed by atoms with Gasteiger partial charge in [0.05, 0.1) is 11.1 Å². The van der Waals surface area contributed by atoms with E-state index in [1.807, 2.05) is 0 Å². The maximum atomic E-state index is 12.6. The minimum Gasteiger partial charge on any atom is -0.362 e. The van der Waals surface area contributed by atoms with Crippen molar-refractivity contribution in [1.29, 1.82) is 0 Å². The summed E-state index contributed by atoms with van der Waals surface area (Å²) in [6, 6.07) is 1.17. The Bertz CT molecular complexity index is 480. The van der Waals surface area contributed by atoms with Crippen molar-refractivity contribution in [3.8, 4) is 0 Å². The molecule has 0 radical (unpaired) electrons. The molecule has 2 nitrogen and oxygen atoms in total. The Morgan fingerprint density at radius 3 is 1.86 bits per heavy atom. The molecule has 0 unspecified atom stereocenters. The highest BCUT2D eigenvalue weighted by atomic mass is 32.1. The minimum atomic E-state index is -4.89. The van der Waals surface area contributed by atoms with Crippen LogP contribution in [-0.2, 0) is 12.4 Å². The first-order valence-corrected chi connectivity index (χ1v) is 6.53. The van der Waals surface area contributed by atoms with Crippen molar-refractivity contribution in [1.82, 2.24) is 5.32 Å². The molecule has 0 atom stereocenters. The van der Waals surface area contributed by atoms with Crippen LogP contribution in [0.3, 0.4) is 0 Å². The van der Waals surface area contributed by atoms with Crippen molar-refractivity contribution < 1.29 is 26.3 Å². The van der Waals surface area contributed by atoms with Crippen LogP contribution in [-0.4, -0.2) is 17.4 Å². The zero-order chi connectivity index (χ0) is 16.3. The molecule has 1 rings (SSSR count). The highest BCUT2D eigenvalue weighted by Gasteiger charge is 2.36. The number of hydrogen-bond acceptors (Lipinski definition) is 2. The minimum absolute atomic E-state index is 0.0510. The summed E-state index contributed by atoms with van der Waals surface area (Å²) in [5, 5.41) is 4.78. The molecule has 0 saturated carbocycles. The first kappa shape index (κ1) is 17.9. The van der Waals surface area contributed by atoms with Gasteiger partial charge in [0, 0.05) is 18.0 Å². The van der Waals surface area contributed by atoms with E-state index in [4.69, 9.17) is 12.2 Å². The van der Waals surface area contributed by atoms with Crippen LogP contribution in [0.5, 0.6) is 0 Å². The second-order valence-electron chi connectivity index (χ2n) is 3.90. The summed E-state index contributed by atoms with van der Waals surface area (Å²) in [7, 11) is 0. The largest absolute Gasteiger partial charge is 0.416 e. The van der Waals surface area contributed by atoms with E-state index in [0.29, 0.717) is 24.4 Å². The molecule has 0 aliphatic heterocycles. The third kappa shape index (κ3) is 5.62. The Hall–Kier alpha value is -1.16. The van der Waals surface area contributed by atoms with Crippen LogP contribution in [0.15, 0.2) is 18.2 Å². The van der Waals surface area contributed by atoms with Gasteiger partial charge in [0.25, 0.3) is 0 Å². The third-order valence-corrected chi connectivity index (χ3v) is 2.71. The summed E-state index contributed by atoms with van der Waals surface area (Å²) in [5.41, 5.74) is -3.21. The lowest BCUT2D eigenvalue weighted by Gasteiger charge is -2.16. The summed E-state index contributed by atoms with van der Waals surface area (Å²) >= 11 is 8.64. The number of halogens is 6. The van der Waals surface area contributed by atoms with Gasteiger partial charge in [-0.1, -0.05) is 0 Å². The molecule has 118 valence electrons. The van der Waals surface area contributed by atoms with E-state index in [1.54, 1.807) is 0 Å². The van der Waals surface area contributed by atoms with Gasteiger partial charge >= 0.3 is 12.4 Å². The summed E-state index contributed by atoms with van der Waals surface area (Å²) in [6.45, 7) is 0.319. The average molecular weight is 348 g/mol. The van der Waals surface area contributed by atoms with Gasteiger partial charge in [-0.3, -0.25) is 0 Å². The monoisotopic (exact) mass is 348 g/mol. The number of thiol groups is 1. The van der Waals surface area contributed by atoms with Crippen LogP contribution in [0.2, 0.25) is 0 Å². The lowest BCUT2D eigenvalue weighted by Crippen LogP contribution is -2.30. The normalized spacial score (nSPS) is 12.1. The van der Waals surface area contributed by atoms with Gasteiger partial charge in [0.15, 0.2) is 5.11 Å². The van der Waals surface area contributed by atoms with Crippen molar-refractivity contribution in [2.75, 3.05) is 17.6 Å². The highest BCUT2D eigenvalue weighted by Crippen LogP contribution is 2.37. The number of nitrogens with one attached hydrogen (secondary N) is 2. The van der Waals surface area contributed by atoms with Crippen LogP contribution in [0.25, 0.3) is 0 Å². The fourth-order valence-electron chi connectivity index (χ4n) is 1.37. The average Bonchev–Trinajstić information content (AvgIpc) is 2.34. The standard InChI is InChI=1S/C11H10F6N2S2/c12-10(13,14)6-3-7(11(15,16)17)5-8(4-6)19-9(21)18-1-2-20/h3-5,20H,1-2H2,(H2,18,19,21). The molecule has 2 N–H and O–H groups in total. The Balaban J connectivity index is 3.11. The lowest BCUT2D eigenvalue weighted by molar-refractivity contribution is -0.143. The number of rotatable bonds is 3. The summed E-state index contributed by atoms with van der Waals surface area (Å²) in [6.07, 6.45) is -9.78. The van der Waals surface area contributed by atoms with Crippen molar-refractivity contribution in [2.45, 2.75) is 12.4 Å². The number of alkyl halides is 6. The molecule has 0 aromatic heterocycles. The maximum Gasteiger partial charge on any atom is 0.416 e. The summed E-state index contributed by atoms with van der Waals surface area (Å²) < 4.78 is 75.7. The summed E-state index contributed by atoms with van der Waals surface area (Å²) in [4.78, 5) is 0. The van der Waals surface area contributed by atoms with Crippen molar-refractivity contribution in [2.24, 2.45) is 0 Å². The van der Waals surface area contributed by atoms with E-state index in [-0.39, 0.29) is 11.2 Å². The topological polar surface area (TPSA) is 24.1 Å².